The summed E-state index contributed by atoms with van der Waals surface area (Å²) in [6, 6.07) is 0. The third kappa shape index (κ3) is 3.50. The summed E-state index contributed by atoms with van der Waals surface area (Å²) in [6.07, 6.45) is 15.1. The van der Waals surface area contributed by atoms with E-state index in [1.54, 1.807) is 0 Å². The lowest BCUT2D eigenvalue weighted by atomic mass is 9.81. The van der Waals surface area contributed by atoms with E-state index in [1.807, 2.05) is 0 Å². The van der Waals surface area contributed by atoms with Gasteiger partial charge in [0.25, 0.3) is 0 Å². The number of allylic oxidation sites excluding steroid dienone is 8. The summed E-state index contributed by atoms with van der Waals surface area (Å²) in [4.78, 5) is 0. The van der Waals surface area contributed by atoms with Crippen LogP contribution in [-0.2, 0) is 0 Å². The second-order valence-corrected chi connectivity index (χ2v) is 6.68. The van der Waals surface area contributed by atoms with Crippen molar-refractivity contribution in [1.82, 2.24) is 0 Å². The zero-order valence-electron chi connectivity index (χ0n) is 11.9. The van der Waals surface area contributed by atoms with E-state index in [0.29, 0.717) is 0 Å². The Bertz CT molecular complexity index is 462. The van der Waals surface area contributed by atoms with Gasteiger partial charge in [-0.15, -0.1) is 0 Å². The molecule has 0 saturated heterocycles. The Kier molecular flexibility index (Phi) is 3.35. The lowest BCUT2D eigenvalue weighted by Gasteiger charge is -2.23. The van der Waals surface area contributed by atoms with Crippen LogP contribution < -0.4 is 0 Å². The topological polar surface area (TPSA) is 0 Å². The van der Waals surface area contributed by atoms with Crippen molar-refractivity contribution in [3.63, 3.8) is 0 Å². The molecule has 0 atom stereocenters. The lowest BCUT2D eigenvalue weighted by Crippen LogP contribution is -2.11. The Hall–Kier alpha value is -1.48. The highest BCUT2D eigenvalue weighted by Gasteiger charge is 2.19. The average molecular weight is 238 g/mol. The van der Waals surface area contributed by atoms with E-state index in [4.69, 9.17) is 0 Å². The zero-order chi connectivity index (χ0) is 13.2. The minimum Gasteiger partial charge on any atom is -0.0785 e. The van der Waals surface area contributed by atoms with Gasteiger partial charge in [0.15, 0.2) is 0 Å². The molecule has 0 heteroatoms. The predicted octanol–water partition coefficient (Wildman–Crippen LogP) is 4.81. The largest absolute Gasteiger partial charge is 0.0785 e. The van der Waals surface area contributed by atoms with E-state index in [1.165, 1.54) is 11.1 Å². The molecular weight excluding hydrogens is 216 g/mol. The third-order valence-corrected chi connectivity index (χ3v) is 3.37. The second kappa shape index (κ2) is 4.65. The van der Waals surface area contributed by atoms with Gasteiger partial charge in [0, 0.05) is 11.1 Å². The van der Waals surface area contributed by atoms with E-state index < -0.39 is 0 Å². The number of hydrogen-bond acceptors (Lipinski definition) is 0. The third-order valence-electron chi connectivity index (χ3n) is 3.37. The smallest absolute Gasteiger partial charge is 0.00322 e. The first-order valence-electron chi connectivity index (χ1n) is 6.65. The van der Waals surface area contributed by atoms with E-state index in [-0.39, 0.29) is 10.8 Å². The van der Waals surface area contributed by atoms with Crippen molar-refractivity contribution in [3.05, 3.63) is 47.6 Å². The number of rotatable bonds is 0. The summed E-state index contributed by atoms with van der Waals surface area (Å²) < 4.78 is 0. The lowest BCUT2D eigenvalue weighted by molar-refractivity contribution is 0.474. The highest BCUT2D eigenvalue weighted by molar-refractivity contribution is 5.44. The van der Waals surface area contributed by atoms with Crippen molar-refractivity contribution in [2.24, 2.45) is 10.8 Å². The molecule has 0 bridgehead atoms. The molecule has 0 fully saturated rings. The quantitative estimate of drug-likeness (QED) is 0.531. The molecular formula is C18H22. The molecule has 0 nitrogen and oxygen atoms in total. The molecule has 0 saturated carbocycles. The molecule has 0 spiro atoms. The summed E-state index contributed by atoms with van der Waals surface area (Å²) in [6.45, 7) is 9.02. The van der Waals surface area contributed by atoms with Gasteiger partial charge < -0.3 is 0 Å². The maximum Gasteiger partial charge on any atom is 0.00322 e. The Morgan fingerprint density at radius 1 is 0.778 bits per heavy atom. The molecule has 94 valence electrons. The number of hydrogen-bond donors (Lipinski definition) is 0. The Balaban J connectivity index is 2.10. The van der Waals surface area contributed by atoms with Crippen LogP contribution in [0.2, 0.25) is 0 Å². The maximum atomic E-state index is 3.34. The summed E-state index contributed by atoms with van der Waals surface area (Å²) >= 11 is 0. The Morgan fingerprint density at radius 3 is 1.50 bits per heavy atom. The van der Waals surface area contributed by atoms with Crippen LogP contribution in [0.1, 0.15) is 40.5 Å². The maximum absolute atomic E-state index is 3.34. The van der Waals surface area contributed by atoms with Crippen molar-refractivity contribution in [1.29, 1.82) is 0 Å². The first-order chi connectivity index (χ1) is 8.36. The van der Waals surface area contributed by atoms with Gasteiger partial charge in [-0.2, -0.15) is 0 Å². The standard InChI is InChI=1S/C18H22/c1-17(2)11-5-7-15(13-17)9-10-16-8-6-12-18(3,4)14-16/h5-8,11-12H,13-14H2,1-4H3. The highest BCUT2D eigenvalue weighted by atomic mass is 14.2. The molecule has 18 heavy (non-hydrogen) atoms. The first-order valence-corrected chi connectivity index (χ1v) is 6.65. The van der Waals surface area contributed by atoms with Crippen molar-refractivity contribution >= 4 is 0 Å². The van der Waals surface area contributed by atoms with E-state index >= 15 is 0 Å². The highest BCUT2D eigenvalue weighted by Crippen LogP contribution is 2.31. The van der Waals surface area contributed by atoms with Crippen molar-refractivity contribution < 1.29 is 0 Å². The normalized spacial score (nSPS) is 23.8. The van der Waals surface area contributed by atoms with E-state index in [0.717, 1.165) is 12.8 Å². The summed E-state index contributed by atoms with van der Waals surface area (Å²) in [5, 5.41) is 0. The molecule has 0 aromatic heterocycles. The van der Waals surface area contributed by atoms with Crippen LogP contribution in [0.5, 0.6) is 0 Å². The van der Waals surface area contributed by atoms with Gasteiger partial charge in [-0.25, -0.2) is 0 Å². The van der Waals surface area contributed by atoms with Crippen LogP contribution in [0.15, 0.2) is 47.6 Å². The van der Waals surface area contributed by atoms with Crippen LogP contribution >= 0.6 is 0 Å². The van der Waals surface area contributed by atoms with Gasteiger partial charge in [-0.3, -0.25) is 0 Å². The van der Waals surface area contributed by atoms with E-state index in [9.17, 15) is 0 Å². The molecule has 0 unspecified atom stereocenters. The Labute approximate surface area is 111 Å². The fourth-order valence-corrected chi connectivity index (χ4v) is 2.40. The molecule has 2 aliphatic carbocycles. The van der Waals surface area contributed by atoms with Gasteiger partial charge in [-0.1, -0.05) is 76.0 Å². The first kappa shape index (κ1) is 13.0. The molecule has 0 aromatic carbocycles. The van der Waals surface area contributed by atoms with Crippen molar-refractivity contribution in [2.75, 3.05) is 0 Å². The second-order valence-electron chi connectivity index (χ2n) is 6.68. The average Bonchev–Trinajstić information content (AvgIpc) is 2.24. The Morgan fingerprint density at radius 2 is 1.17 bits per heavy atom. The summed E-state index contributed by atoms with van der Waals surface area (Å²) in [7, 11) is 0. The van der Waals surface area contributed by atoms with Crippen LogP contribution in [0.3, 0.4) is 0 Å². The minimum atomic E-state index is 0.249. The molecule has 2 rings (SSSR count). The van der Waals surface area contributed by atoms with Gasteiger partial charge in [0.1, 0.15) is 0 Å². The van der Waals surface area contributed by atoms with Gasteiger partial charge in [-0.05, 0) is 23.7 Å². The van der Waals surface area contributed by atoms with Gasteiger partial charge >= 0.3 is 0 Å². The molecule has 2 aliphatic rings. The molecule has 0 aromatic rings. The molecule has 0 N–H and O–H groups in total. The van der Waals surface area contributed by atoms with Gasteiger partial charge in [0.05, 0.1) is 0 Å². The van der Waals surface area contributed by atoms with Crippen LogP contribution in [0.4, 0.5) is 0 Å². The van der Waals surface area contributed by atoms with Crippen molar-refractivity contribution in [2.45, 2.75) is 40.5 Å². The predicted molar refractivity (Wildman–Crippen MR) is 79.0 cm³/mol. The van der Waals surface area contributed by atoms with Crippen molar-refractivity contribution in [3.8, 4) is 11.8 Å². The zero-order valence-corrected chi connectivity index (χ0v) is 11.9. The summed E-state index contributed by atoms with van der Waals surface area (Å²) in [5.74, 6) is 6.68. The molecule has 0 radical (unpaired) electrons. The molecule has 0 amide bonds. The SMILES string of the molecule is CC1(C)C=CC=C(C#CC2=CC=CC(C)(C)C2)C1. The molecule has 0 heterocycles. The minimum absolute atomic E-state index is 0.249. The van der Waals surface area contributed by atoms with Crippen LogP contribution in [-0.4, -0.2) is 0 Å². The fourth-order valence-electron chi connectivity index (χ4n) is 2.40. The monoisotopic (exact) mass is 238 g/mol. The van der Waals surface area contributed by atoms with Crippen LogP contribution in [0, 0.1) is 22.7 Å². The fraction of sp³-hybridized carbons (Fsp3) is 0.444. The molecule has 0 aliphatic heterocycles. The van der Waals surface area contributed by atoms with Gasteiger partial charge in [0.2, 0.25) is 0 Å². The van der Waals surface area contributed by atoms with E-state index in [2.05, 4.69) is 76.0 Å². The van der Waals surface area contributed by atoms with Crippen LogP contribution in [0.25, 0.3) is 0 Å². The summed E-state index contributed by atoms with van der Waals surface area (Å²) in [5.41, 5.74) is 2.99.